The Balaban J connectivity index is 1.66. The van der Waals surface area contributed by atoms with Gasteiger partial charge in [-0.3, -0.25) is 4.79 Å². The number of nitrogens with zero attached hydrogens (tertiary/aromatic N) is 4. The van der Waals surface area contributed by atoms with E-state index in [-0.39, 0.29) is 17.5 Å². The molecule has 156 valence electrons. The number of carbonyl (C=O) groups excluding carboxylic acids is 1. The molecule has 1 unspecified atom stereocenters. The third-order valence-electron chi connectivity index (χ3n) is 6.07. The molecule has 4 aromatic rings. The van der Waals surface area contributed by atoms with E-state index in [1.807, 2.05) is 42.6 Å². The molecular formula is C23H21FN6O. The van der Waals surface area contributed by atoms with Gasteiger partial charge in [0, 0.05) is 12.6 Å². The maximum atomic E-state index is 14.2. The Bertz CT molecular complexity index is 1350. The molecule has 4 heterocycles. The number of rotatable bonds is 4. The minimum atomic E-state index is -0.760. The summed E-state index contributed by atoms with van der Waals surface area (Å²) >= 11 is 0. The van der Waals surface area contributed by atoms with Crippen molar-refractivity contribution in [3.8, 4) is 11.5 Å². The summed E-state index contributed by atoms with van der Waals surface area (Å²) in [7, 11) is 0. The van der Waals surface area contributed by atoms with Crippen LogP contribution in [0, 0.1) is 5.82 Å². The summed E-state index contributed by atoms with van der Waals surface area (Å²) in [6, 6.07) is 12.3. The quantitative estimate of drug-likeness (QED) is 0.528. The van der Waals surface area contributed by atoms with Gasteiger partial charge in [0.05, 0.1) is 16.5 Å². The van der Waals surface area contributed by atoms with E-state index in [1.54, 1.807) is 18.2 Å². The van der Waals surface area contributed by atoms with Gasteiger partial charge < -0.3 is 15.5 Å². The molecule has 8 heteroatoms. The first-order valence-corrected chi connectivity index (χ1v) is 10.1. The largest absolute Gasteiger partial charge is 0.383 e. The second-order valence-corrected chi connectivity index (χ2v) is 7.90. The Morgan fingerprint density at radius 2 is 1.90 bits per heavy atom. The van der Waals surface area contributed by atoms with E-state index in [0.29, 0.717) is 47.1 Å². The zero-order valence-electron chi connectivity index (χ0n) is 17.2. The maximum Gasteiger partial charge on any atom is 0.236 e. The van der Waals surface area contributed by atoms with E-state index < -0.39 is 5.41 Å². The van der Waals surface area contributed by atoms with Crippen molar-refractivity contribution in [2.75, 3.05) is 11.1 Å². The van der Waals surface area contributed by atoms with Crippen LogP contribution in [-0.2, 0) is 16.6 Å². The van der Waals surface area contributed by atoms with Crippen LogP contribution in [0.4, 0.5) is 16.0 Å². The number of nitrogens with one attached hydrogen (secondary N) is 1. The van der Waals surface area contributed by atoms with Crippen LogP contribution in [0.3, 0.4) is 0 Å². The SMILES string of the molecule is CCC1(C)C(=O)Nc2nc(-c3nc(Cc4ccccc4F)n4ccccc34)nc(N)c21. The number of benzene rings is 1. The highest BCUT2D eigenvalue weighted by Crippen LogP contribution is 2.42. The van der Waals surface area contributed by atoms with Crippen LogP contribution in [0.5, 0.6) is 0 Å². The first-order valence-electron chi connectivity index (χ1n) is 10.1. The molecule has 1 aliphatic rings. The number of fused-ring (bicyclic) bond motifs is 2. The molecule has 3 N–H and O–H groups in total. The molecule has 0 aliphatic carbocycles. The number of hydrogen-bond acceptors (Lipinski definition) is 5. The number of carbonyl (C=O) groups is 1. The van der Waals surface area contributed by atoms with Crippen LogP contribution < -0.4 is 11.1 Å². The summed E-state index contributed by atoms with van der Waals surface area (Å²) < 4.78 is 16.1. The van der Waals surface area contributed by atoms with Crippen molar-refractivity contribution in [2.24, 2.45) is 0 Å². The van der Waals surface area contributed by atoms with Crippen molar-refractivity contribution in [1.82, 2.24) is 19.4 Å². The van der Waals surface area contributed by atoms with Gasteiger partial charge in [0.1, 0.15) is 29.0 Å². The highest BCUT2D eigenvalue weighted by atomic mass is 19.1. The molecule has 5 rings (SSSR count). The second kappa shape index (κ2) is 6.87. The molecule has 0 fully saturated rings. The monoisotopic (exact) mass is 416 g/mol. The van der Waals surface area contributed by atoms with E-state index in [9.17, 15) is 9.18 Å². The molecule has 0 saturated carbocycles. The van der Waals surface area contributed by atoms with Crippen LogP contribution in [-0.4, -0.2) is 25.3 Å². The summed E-state index contributed by atoms with van der Waals surface area (Å²) in [4.78, 5) is 26.4. The summed E-state index contributed by atoms with van der Waals surface area (Å²) in [6.07, 6.45) is 2.76. The highest BCUT2D eigenvalue weighted by Gasteiger charge is 2.44. The summed E-state index contributed by atoms with van der Waals surface area (Å²) in [5.41, 5.74) is 8.00. The molecule has 0 radical (unpaired) electrons. The van der Waals surface area contributed by atoms with Gasteiger partial charge in [-0.15, -0.1) is 0 Å². The molecule has 1 aromatic carbocycles. The molecule has 1 atom stereocenters. The average molecular weight is 416 g/mol. The predicted molar refractivity (Wildman–Crippen MR) is 116 cm³/mol. The van der Waals surface area contributed by atoms with Gasteiger partial charge in [0.15, 0.2) is 5.82 Å². The van der Waals surface area contributed by atoms with E-state index in [1.165, 1.54) is 6.07 Å². The molecule has 0 saturated heterocycles. The van der Waals surface area contributed by atoms with Crippen molar-refractivity contribution in [3.63, 3.8) is 0 Å². The molecular weight excluding hydrogens is 395 g/mol. The molecule has 7 nitrogen and oxygen atoms in total. The Morgan fingerprint density at radius 3 is 2.68 bits per heavy atom. The Hall–Kier alpha value is -3.81. The van der Waals surface area contributed by atoms with Gasteiger partial charge in [-0.2, -0.15) is 0 Å². The fourth-order valence-corrected chi connectivity index (χ4v) is 4.12. The Labute approximate surface area is 178 Å². The molecule has 31 heavy (non-hydrogen) atoms. The lowest BCUT2D eigenvalue weighted by atomic mass is 9.82. The van der Waals surface area contributed by atoms with E-state index in [2.05, 4.69) is 15.3 Å². The second-order valence-electron chi connectivity index (χ2n) is 7.90. The van der Waals surface area contributed by atoms with E-state index in [4.69, 9.17) is 10.7 Å². The summed E-state index contributed by atoms with van der Waals surface area (Å²) in [5, 5.41) is 2.84. The number of imidazole rings is 1. The minimum Gasteiger partial charge on any atom is -0.383 e. The number of pyridine rings is 1. The fourth-order valence-electron chi connectivity index (χ4n) is 4.12. The number of nitrogens with two attached hydrogens (primary N) is 1. The van der Waals surface area contributed by atoms with Crippen molar-refractivity contribution >= 4 is 23.1 Å². The summed E-state index contributed by atoms with van der Waals surface area (Å²) in [6.45, 7) is 3.77. The summed E-state index contributed by atoms with van der Waals surface area (Å²) in [5.74, 6) is 1.23. The van der Waals surface area contributed by atoms with E-state index >= 15 is 0 Å². The number of hydrogen-bond donors (Lipinski definition) is 2. The number of anilines is 2. The Morgan fingerprint density at radius 1 is 1.13 bits per heavy atom. The van der Waals surface area contributed by atoms with Gasteiger partial charge in [-0.05, 0) is 37.1 Å². The third kappa shape index (κ3) is 2.86. The van der Waals surface area contributed by atoms with Gasteiger partial charge in [-0.1, -0.05) is 31.2 Å². The van der Waals surface area contributed by atoms with E-state index in [0.717, 1.165) is 5.52 Å². The number of amides is 1. The number of nitrogen functional groups attached to an aromatic ring is 1. The number of aromatic nitrogens is 4. The zero-order chi connectivity index (χ0) is 21.8. The van der Waals surface area contributed by atoms with Crippen molar-refractivity contribution in [3.05, 3.63) is 71.4 Å². The van der Waals surface area contributed by atoms with Crippen LogP contribution in [0.1, 0.15) is 37.2 Å². The smallest absolute Gasteiger partial charge is 0.236 e. The topological polar surface area (TPSA) is 98.2 Å². The first kappa shape index (κ1) is 19.2. The molecule has 3 aromatic heterocycles. The van der Waals surface area contributed by atoms with Crippen molar-refractivity contribution in [2.45, 2.75) is 32.1 Å². The van der Waals surface area contributed by atoms with Crippen LogP contribution in [0.15, 0.2) is 48.7 Å². The van der Waals surface area contributed by atoms with Gasteiger partial charge >= 0.3 is 0 Å². The number of halogens is 1. The molecule has 1 aliphatic heterocycles. The molecule has 1 amide bonds. The van der Waals surface area contributed by atoms with Gasteiger partial charge in [0.2, 0.25) is 5.91 Å². The lowest BCUT2D eigenvalue weighted by Crippen LogP contribution is -2.30. The molecule has 0 spiro atoms. The minimum absolute atomic E-state index is 0.141. The van der Waals surface area contributed by atoms with Crippen molar-refractivity contribution < 1.29 is 9.18 Å². The highest BCUT2D eigenvalue weighted by molar-refractivity contribution is 6.06. The lowest BCUT2D eigenvalue weighted by molar-refractivity contribution is -0.120. The van der Waals surface area contributed by atoms with Crippen LogP contribution >= 0.6 is 0 Å². The normalized spacial score (nSPS) is 17.7. The van der Waals surface area contributed by atoms with Gasteiger partial charge in [0.25, 0.3) is 0 Å². The standard InChI is InChI=1S/C23H21FN6O/c1-3-23(2)17-19(25)27-21(28-20(17)29-22(23)31)18-15-10-6-7-11-30(15)16(26-18)12-13-8-4-5-9-14(13)24/h4-11H,3,12H2,1-2H3,(H3,25,27,28,29,31). The lowest BCUT2D eigenvalue weighted by Gasteiger charge is -2.20. The maximum absolute atomic E-state index is 14.2. The predicted octanol–water partition coefficient (Wildman–Crippen LogP) is 3.72. The third-order valence-corrected chi connectivity index (χ3v) is 6.07. The first-order chi connectivity index (χ1) is 14.9. The average Bonchev–Trinajstić information content (AvgIpc) is 3.25. The zero-order valence-corrected chi connectivity index (χ0v) is 17.2. The van der Waals surface area contributed by atoms with Crippen molar-refractivity contribution in [1.29, 1.82) is 0 Å². The van der Waals surface area contributed by atoms with Crippen LogP contribution in [0.25, 0.3) is 17.0 Å². The fraction of sp³-hybridized carbons (Fsp3) is 0.217. The van der Waals surface area contributed by atoms with Crippen LogP contribution in [0.2, 0.25) is 0 Å². The van der Waals surface area contributed by atoms with Gasteiger partial charge in [-0.25, -0.2) is 19.3 Å². The molecule has 0 bridgehead atoms. The Kier molecular flexibility index (Phi) is 4.25.